The Bertz CT molecular complexity index is 399. The van der Waals surface area contributed by atoms with Gasteiger partial charge in [0.2, 0.25) is 0 Å². The lowest BCUT2D eigenvalue weighted by Crippen LogP contribution is -2.43. The number of anilines is 2. The second-order valence-corrected chi connectivity index (χ2v) is 5.63. The summed E-state index contributed by atoms with van der Waals surface area (Å²) < 4.78 is 0. The second kappa shape index (κ2) is 7.48. The van der Waals surface area contributed by atoms with E-state index in [1.807, 2.05) is 12.4 Å². The molecule has 0 atom stereocenters. The fourth-order valence-corrected chi connectivity index (χ4v) is 2.82. The maximum absolute atomic E-state index is 4.37. The zero-order valence-corrected chi connectivity index (χ0v) is 13.1. The van der Waals surface area contributed by atoms with Crippen LogP contribution in [0.2, 0.25) is 0 Å². The molecule has 4 nitrogen and oxygen atoms in total. The van der Waals surface area contributed by atoms with Gasteiger partial charge in [-0.15, -0.1) is 0 Å². The van der Waals surface area contributed by atoms with Gasteiger partial charge in [-0.3, -0.25) is 4.98 Å². The van der Waals surface area contributed by atoms with Crippen molar-refractivity contribution >= 4 is 11.4 Å². The summed E-state index contributed by atoms with van der Waals surface area (Å²) in [5.41, 5.74) is 2.35. The van der Waals surface area contributed by atoms with E-state index in [1.54, 1.807) is 0 Å². The minimum Gasteiger partial charge on any atom is -0.384 e. The highest BCUT2D eigenvalue weighted by Crippen LogP contribution is 2.23. The van der Waals surface area contributed by atoms with Gasteiger partial charge in [0.1, 0.15) is 0 Å². The Labute approximate surface area is 123 Å². The van der Waals surface area contributed by atoms with E-state index < -0.39 is 0 Å². The van der Waals surface area contributed by atoms with E-state index in [-0.39, 0.29) is 0 Å². The lowest BCUT2D eigenvalue weighted by Gasteiger charge is -2.37. The Morgan fingerprint density at radius 2 is 2.05 bits per heavy atom. The first-order valence-electron chi connectivity index (χ1n) is 7.88. The maximum atomic E-state index is 4.37. The van der Waals surface area contributed by atoms with E-state index in [0.29, 0.717) is 6.04 Å². The molecule has 4 heteroatoms. The minimum atomic E-state index is 0.640. The Hall–Kier alpha value is -1.29. The van der Waals surface area contributed by atoms with E-state index in [9.17, 15) is 0 Å². The summed E-state index contributed by atoms with van der Waals surface area (Å²) in [5, 5.41) is 3.41. The van der Waals surface area contributed by atoms with Crippen molar-refractivity contribution in [3.05, 3.63) is 18.5 Å². The molecule has 1 N–H and O–H groups in total. The topological polar surface area (TPSA) is 31.4 Å². The molecule has 0 amide bonds. The maximum Gasteiger partial charge on any atom is 0.0573 e. The molecule has 1 saturated heterocycles. The summed E-state index contributed by atoms with van der Waals surface area (Å²) in [4.78, 5) is 9.30. The first-order chi connectivity index (χ1) is 9.74. The lowest BCUT2D eigenvalue weighted by atomic mass is 10.0. The quantitative estimate of drug-likeness (QED) is 0.866. The third-order valence-corrected chi connectivity index (χ3v) is 4.26. The van der Waals surface area contributed by atoms with Crippen molar-refractivity contribution < 1.29 is 0 Å². The monoisotopic (exact) mass is 276 g/mol. The predicted molar refractivity (Wildman–Crippen MR) is 86.6 cm³/mol. The Morgan fingerprint density at radius 3 is 2.70 bits per heavy atom. The highest BCUT2D eigenvalue weighted by molar-refractivity contribution is 5.55. The third-order valence-electron chi connectivity index (χ3n) is 4.26. The van der Waals surface area contributed by atoms with Gasteiger partial charge in [0.15, 0.2) is 0 Å². The van der Waals surface area contributed by atoms with Gasteiger partial charge in [0.25, 0.3) is 0 Å². The molecule has 0 aliphatic carbocycles. The summed E-state index contributed by atoms with van der Waals surface area (Å²) in [6, 6.07) is 2.86. The Kier molecular flexibility index (Phi) is 5.65. The van der Waals surface area contributed by atoms with Gasteiger partial charge in [-0.1, -0.05) is 13.8 Å². The molecule has 1 aromatic heterocycles. The summed E-state index contributed by atoms with van der Waals surface area (Å²) in [7, 11) is 2.20. The zero-order chi connectivity index (χ0) is 14.4. The molecular weight excluding hydrogens is 248 g/mol. The highest BCUT2D eigenvalue weighted by Gasteiger charge is 2.22. The van der Waals surface area contributed by atoms with E-state index >= 15 is 0 Å². The second-order valence-electron chi connectivity index (χ2n) is 5.63. The van der Waals surface area contributed by atoms with Gasteiger partial charge in [-0.05, 0) is 31.9 Å². The molecule has 2 rings (SSSR count). The number of rotatable bonds is 6. The number of hydrogen-bond donors (Lipinski definition) is 1. The third kappa shape index (κ3) is 3.85. The van der Waals surface area contributed by atoms with E-state index in [0.717, 1.165) is 18.7 Å². The van der Waals surface area contributed by atoms with Crippen molar-refractivity contribution in [3.8, 4) is 0 Å². The van der Waals surface area contributed by atoms with Crippen LogP contribution in [0.1, 0.15) is 33.1 Å². The fourth-order valence-electron chi connectivity index (χ4n) is 2.82. The Balaban J connectivity index is 1.96. The van der Waals surface area contributed by atoms with Crippen LogP contribution < -0.4 is 10.2 Å². The molecule has 0 unspecified atom stereocenters. The van der Waals surface area contributed by atoms with Crippen LogP contribution in [0, 0.1) is 0 Å². The molecule has 0 bridgehead atoms. The average Bonchev–Trinajstić information content (AvgIpc) is 2.52. The van der Waals surface area contributed by atoms with Crippen LogP contribution >= 0.6 is 0 Å². The first-order valence-corrected chi connectivity index (χ1v) is 7.88. The largest absolute Gasteiger partial charge is 0.384 e. The zero-order valence-electron chi connectivity index (χ0n) is 13.1. The Morgan fingerprint density at radius 1 is 1.30 bits per heavy atom. The molecule has 1 aliphatic heterocycles. The van der Waals surface area contributed by atoms with Gasteiger partial charge in [0, 0.05) is 32.7 Å². The fraction of sp³-hybridized carbons (Fsp3) is 0.688. The van der Waals surface area contributed by atoms with Crippen molar-refractivity contribution in [2.75, 3.05) is 43.4 Å². The van der Waals surface area contributed by atoms with E-state index in [4.69, 9.17) is 0 Å². The van der Waals surface area contributed by atoms with E-state index in [1.165, 1.54) is 38.2 Å². The average molecular weight is 276 g/mol. The number of nitrogens with one attached hydrogen (secondary N) is 1. The molecule has 0 radical (unpaired) electrons. The van der Waals surface area contributed by atoms with Crippen LogP contribution in [0.5, 0.6) is 0 Å². The van der Waals surface area contributed by atoms with Crippen LogP contribution in [0.4, 0.5) is 11.4 Å². The van der Waals surface area contributed by atoms with Crippen molar-refractivity contribution in [1.29, 1.82) is 0 Å². The van der Waals surface area contributed by atoms with Gasteiger partial charge >= 0.3 is 0 Å². The molecule has 1 fully saturated rings. The number of aromatic nitrogens is 1. The van der Waals surface area contributed by atoms with E-state index in [2.05, 4.69) is 47.1 Å². The molecule has 112 valence electrons. The first kappa shape index (κ1) is 15.1. The van der Waals surface area contributed by atoms with Crippen molar-refractivity contribution in [1.82, 2.24) is 9.88 Å². The lowest BCUT2D eigenvalue weighted by molar-refractivity contribution is 0.221. The summed E-state index contributed by atoms with van der Waals surface area (Å²) in [5.74, 6) is 0. The van der Waals surface area contributed by atoms with Gasteiger partial charge in [-0.25, -0.2) is 0 Å². The molecule has 0 saturated carbocycles. The SMILES string of the molecule is CCCNc1cncc(N(C)C2CCN(CC)CC2)c1. The number of hydrogen-bond acceptors (Lipinski definition) is 4. The summed E-state index contributed by atoms with van der Waals surface area (Å²) in [6.07, 6.45) is 7.51. The van der Waals surface area contributed by atoms with Crippen LogP contribution in [0.3, 0.4) is 0 Å². The number of nitrogens with zero attached hydrogens (tertiary/aromatic N) is 3. The van der Waals surface area contributed by atoms with Gasteiger partial charge < -0.3 is 15.1 Å². The number of piperidine rings is 1. The number of pyridine rings is 1. The molecule has 20 heavy (non-hydrogen) atoms. The molecule has 0 aromatic carbocycles. The highest BCUT2D eigenvalue weighted by atomic mass is 15.2. The molecule has 0 spiro atoms. The van der Waals surface area contributed by atoms with Gasteiger partial charge in [0.05, 0.1) is 23.8 Å². The van der Waals surface area contributed by atoms with Crippen molar-refractivity contribution in [2.45, 2.75) is 39.2 Å². The standard InChI is InChI=1S/C16H28N4/c1-4-8-18-14-11-16(13-17-12-14)19(3)15-6-9-20(5-2)10-7-15/h11-13,15,18H,4-10H2,1-3H3. The minimum absolute atomic E-state index is 0.640. The van der Waals surface area contributed by atoms with Gasteiger partial charge in [-0.2, -0.15) is 0 Å². The molecule has 1 aliphatic rings. The molecule has 1 aromatic rings. The van der Waals surface area contributed by atoms with Crippen LogP contribution in [-0.2, 0) is 0 Å². The predicted octanol–water partition coefficient (Wildman–Crippen LogP) is 2.82. The molecule has 2 heterocycles. The normalized spacial score (nSPS) is 17.1. The van der Waals surface area contributed by atoms with Crippen molar-refractivity contribution in [2.24, 2.45) is 0 Å². The van der Waals surface area contributed by atoms with Crippen LogP contribution in [-0.4, -0.2) is 49.2 Å². The van der Waals surface area contributed by atoms with Crippen LogP contribution in [0.25, 0.3) is 0 Å². The summed E-state index contributed by atoms with van der Waals surface area (Å²) in [6.45, 7) is 9.03. The van der Waals surface area contributed by atoms with Crippen LogP contribution in [0.15, 0.2) is 18.5 Å². The number of likely N-dealkylation sites (tertiary alicyclic amines) is 1. The molecular formula is C16H28N4. The summed E-state index contributed by atoms with van der Waals surface area (Å²) >= 11 is 0. The smallest absolute Gasteiger partial charge is 0.0573 e. The van der Waals surface area contributed by atoms with Crippen molar-refractivity contribution in [3.63, 3.8) is 0 Å².